The number of alkyl halides is 3. The molecule has 3 aromatic heterocycles. The molecule has 0 bridgehead atoms. The quantitative estimate of drug-likeness (QED) is 0.313. The Kier molecular flexibility index (Phi) is 10.7. The van der Waals surface area contributed by atoms with Gasteiger partial charge in [0.05, 0.1) is 33.0 Å². The number of anilines is 1. The second-order valence-electron chi connectivity index (χ2n) is 9.15. The number of esters is 2. The molecular weight excluding hydrogens is 609 g/mol. The van der Waals surface area contributed by atoms with E-state index in [0.29, 0.717) is 44.2 Å². The molecule has 1 saturated heterocycles. The van der Waals surface area contributed by atoms with Crippen LogP contribution in [0.3, 0.4) is 0 Å². The van der Waals surface area contributed by atoms with E-state index >= 15 is 0 Å². The van der Waals surface area contributed by atoms with E-state index < -0.39 is 29.8 Å². The third kappa shape index (κ3) is 7.59. The number of hydrogen-bond donors (Lipinski definition) is 2. The summed E-state index contributed by atoms with van der Waals surface area (Å²) >= 11 is 0.609. The number of amides is 2. The minimum Gasteiger partial charge on any atom is -0.476 e. The van der Waals surface area contributed by atoms with Gasteiger partial charge < -0.3 is 24.3 Å². The minimum absolute atomic E-state index is 0.00168. The molecule has 4 rings (SSSR count). The number of carbonyl (C=O) groups is 3. The second kappa shape index (κ2) is 14.4. The van der Waals surface area contributed by atoms with Crippen molar-refractivity contribution in [1.82, 2.24) is 25.2 Å². The van der Waals surface area contributed by atoms with E-state index in [9.17, 15) is 27.6 Å². The molecule has 3 aromatic rings. The van der Waals surface area contributed by atoms with Gasteiger partial charge in [0.2, 0.25) is 5.88 Å². The van der Waals surface area contributed by atoms with E-state index in [1.54, 1.807) is 6.92 Å². The molecule has 0 unspecified atom stereocenters. The summed E-state index contributed by atoms with van der Waals surface area (Å²) in [7, 11) is 2.24. The van der Waals surface area contributed by atoms with Crippen molar-refractivity contribution >= 4 is 35.1 Å². The molecule has 0 saturated carbocycles. The van der Waals surface area contributed by atoms with E-state index in [2.05, 4.69) is 30.5 Å². The summed E-state index contributed by atoms with van der Waals surface area (Å²) in [6.07, 6.45) is -2.34. The fourth-order valence-electron chi connectivity index (χ4n) is 4.25. The summed E-state index contributed by atoms with van der Waals surface area (Å²) in [6, 6.07) is 0.639. The topological polar surface area (TPSA) is 154 Å². The third-order valence-corrected chi connectivity index (χ3v) is 7.22. The minimum atomic E-state index is -4.78. The summed E-state index contributed by atoms with van der Waals surface area (Å²) in [5.41, 5.74) is -1.58. The zero-order valence-electron chi connectivity index (χ0n) is 23.9. The number of hydrogen-bond acceptors (Lipinski definition) is 12. The fraction of sp³-hybridized carbons (Fsp3) is 0.407. The number of aromatic nitrogens is 3. The number of urea groups is 1. The van der Waals surface area contributed by atoms with Crippen molar-refractivity contribution in [3.8, 4) is 27.6 Å². The standard InChI is InChI=1S/C27H29F3N6O7S/c1-4-31-26(39)35-21-20(25(38)41-3)19(23-34-18(14-44-23)27(28,29)30)17(13-32-21)16-11-15(24(37)40-2)12-33-22(16)43-10-7-36-5-8-42-9-6-36/h11-14H,4-10H2,1-3H3,(H2,31,32,35,39). The van der Waals surface area contributed by atoms with Gasteiger partial charge in [-0.25, -0.2) is 29.3 Å². The number of rotatable bonds is 10. The molecule has 1 aliphatic rings. The lowest BCUT2D eigenvalue weighted by molar-refractivity contribution is -0.140. The maximum Gasteiger partial charge on any atom is 0.434 e. The average Bonchev–Trinajstić information content (AvgIpc) is 3.52. The van der Waals surface area contributed by atoms with Gasteiger partial charge in [-0.05, 0) is 13.0 Å². The SMILES string of the molecule is CCNC(=O)Nc1ncc(-c2cc(C(=O)OC)cnc2OCCN2CCOCC2)c(-c2nc(C(F)(F)F)cs2)c1C(=O)OC. The van der Waals surface area contributed by atoms with Crippen LogP contribution < -0.4 is 15.4 Å². The fourth-order valence-corrected chi connectivity index (χ4v) is 5.14. The van der Waals surface area contributed by atoms with Gasteiger partial charge in [-0.1, -0.05) is 0 Å². The molecule has 13 nitrogen and oxygen atoms in total. The molecule has 4 heterocycles. The predicted molar refractivity (Wildman–Crippen MR) is 152 cm³/mol. The molecule has 44 heavy (non-hydrogen) atoms. The van der Waals surface area contributed by atoms with Crippen LogP contribution in [0.2, 0.25) is 0 Å². The first-order chi connectivity index (χ1) is 21.1. The highest BCUT2D eigenvalue weighted by atomic mass is 32.1. The highest BCUT2D eigenvalue weighted by Crippen LogP contribution is 2.43. The average molecular weight is 639 g/mol. The van der Waals surface area contributed by atoms with E-state index in [1.807, 2.05) is 0 Å². The van der Waals surface area contributed by atoms with Gasteiger partial charge in [0.15, 0.2) is 5.69 Å². The number of nitrogens with one attached hydrogen (secondary N) is 2. The monoisotopic (exact) mass is 638 g/mol. The molecule has 0 spiro atoms. The maximum atomic E-state index is 13.6. The first kappa shape index (κ1) is 32.6. The number of halogens is 3. The van der Waals surface area contributed by atoms with Gasteiger partial charge in [0.25, 0.3) is 0 Å². The summed E-state index contributed by atoms with van der Waals surface area (Å²) < 4.78 is 62.0. The molecule has 0 atom stereocenters. The van der Waals surface area contributed by atoms with Crippen LogP contribution in [0.5, 0.6) is 5.88 Å². The van der Waals surface area contributed by atoms with Crippen molar-refractivity contribution in [2.24, 2.45) is 0 Å². The molecule has 1 fully saturated rings. The van der Waals surface area contributed by atoms with Crippen molar-refractivity contribution in [1.29, 1.82) is 0 Å². The van der Waals surface area contributed by atoms with Crippen LogP contribution in [0.25, 0.3) is 21.7 Å². The van der Waals surface area contributed by atoms with Crippen LogP contribution >= 0.6 is 11.3 Å². The van der Waals surface area contributed by atoms with Gasteiger partial charge in [-0.15, -0.1) is 11.3 Å². The maximum absolute atomic E-state index is 13.6. The highest BCUT2D eigenvalue weighted by Gasteiger charge is 2.36. The van der Waals surface area contributed by atoms with Crippen LogP contribution in [0.1, 0.15) is 33.3 Å². The lowest BCUT2D eigenvalue weighted by Gasteiger charge is -2.26. The molecule has 1 aliphatic heterocycles. The summed E-state index contributed by atoms with van der Waals surface area (Å²) in [6.45, 7) is 5.14. The van der Waals surface area contributed by atoms with Gasteiger partial charge in [-0.2, -0.15) is 13.2 Å². The second-order valence-corrected chi connectivity index (χ2v) is 10.0. The van der Waals surface area contributed by atoms with E-state index in [-0.39, 0.29) is 57.7 Å². The summed E-state index contributed by atoms with van der Waals surface area (Å²) in [5.74, 6) is -2.06. The third-order valence-electron chi connectivity index (χ3n) is 6.36. The largest absolute Gasteiger partial charge is 0.476 e. The van der Waals surface area contributed by atoms with Gasteiger partial charge in [-0.3, -0.25) is 10.2 Å². The Morgan fingerprint density at radius 2 is 1.80 bits per heavy atom. The number of thiazole rings is 1. The summed E-state index contributed by atoms with van der Waals surface area (Å²) in [4.78, 5) is 52.4. The Balaban J connectivity index is 1.92. The van der Waals surface area contributed by atoms with Crippen molar-refractivity contribution in [3.63, 3.8) is 0 Å². The van der Waals surface area contributed by atoms with Crippen LogP contribution in [-0.4, -0.2) is 98.0 Å². The Morgan fingerprint density at radius 1 is 1.07 bits per heavy atom. The number of methoxy groups -OCH3 is 2. The number of ether oxygens (including phenoxy) is 4. The van der Waals surface area contributed by atoms with Gasteiger partial charge in [0, 0.05) is 60.6 Å². The number of pyridine rings is 2. The smallest absolute Gasteiger partial charge is 0.434 e. The molecule has 236 valence electrons. The Hall–Kier alpha value is -4.35. The van der Waals surface area contributed by atoms with Gasteiger partial charge in [0.1, 0.15) is 23.0 Å². The van der Waals surface area contributed by atoms with Crippen LogP contribution in [0.15, 0.2) is 23.8 Å². The Labute approximate surface area is 253 Å². The number of morpholine rings is 1. The first-order valence-corrected chi connectivity index (χ1v) is 14.2. The van der Waals surface area contributed by atoms with E-state index in [1.165, 1.54) is 25.6 Å². The molecule has 2 amide bonds. The van der Waals surface area contributed by atoms with Crippen molar-refractivity contribution in [2.45, 2.75) is 13.1 Å². The molecule has 0 aromatic carbocycles. The van der Waals surface area contributed by atoms with Crippen molar-refractivity contribution in [3.05, 3.63) is 40.7 Å². The molecule has 0 aliphatic carbocycles. The number of nitrogens with zero attached hydrogens (tertiary/aromatic N) is 4. The zero-order valence-corrected chi connectivity index (χ0v) is 24.8. The van der Waals surface area contributed by atoms with Crippen LogP contribution in [-0.2, 0) is 20.4 Å². The highest BCUT2D eigenvalue weighted by molar-refractivity contribution is 7.13. The molecule has 2 N–H and O–H groups in total. The lowest BCUT2D eigenvalue weighted by atomic mass is 9.97. The lowest BCUT2D eigenvalue weighted by Crippen LogP contribution is -2.38. The Bertz CT molecular complexity index is 1510. The van der Waals surface area contributed by atoms with E-state index in [0.717, 1.165) is 12.5 Å². The predicted octanol–water partition coefficient (Wildman–Crippen LogP) is 3.71. The van der Waals surface area contributed by atoms with Crippen molar-refractivity contribution < 1.29 is 46.5 Å². The Morgan fingerprint density at radius 3 is 2.43 bits per heavy atom. The van der Waals surface area contributed by atoms with E-state index in [4.69, 9.17) is 18.9 Å². The van der Waals surface area contributed by atoms with Gasteiger partial charge >= 0.3 is 24.1 Å². The number of carbonyl (C=O) groups excluding carboxylic acids is 3. The normalized spacial score (nSPS) is 13.7. The van der Waals surface area contributed by atoms with Crippen molar-refractivity contribution in [2.75, 3.05) is 65.5 Å². The zero-order chi connectivity index (χ0) is 31.9. The van der Waals surface area contributed by atoms with Crippen LogP contribution in [0.4, 0.5) is 23.8 Å². The van der Waals surface area contributed by atoms with Crippen LogP contribution in [0, 0.1) is 0 Å². The summed E-state index contributed by atoms with van der Waals surface area (Å²) in [5, 5.41) is 5.48. The molecular formula is C27H29F3N6O7S. The first-order valence-electron chi connectivity index (χ1n) is 13.3. The molecule has 17 heteroatoms. The molecule has 0 radical (unpaired) electrons.